The molecule has 2 aromatic carbocycles. The number of hydrogen-bond donors (Lipinski definition) is 1. The summed E-state index contributed by atoms with van der Waals surface area (Å²) in [5, 5.41) is 9.39. The van der Waals surface area contributed by atoms with Crippen molar-refractivity contribution in [3.05, 3.63) is 86.8 Å². The zero-order valence-corrected chi connectivity index (χ0v) is 17.9. The van der Waals surface area contributed by atoms with Crippen LogP contribution < -0.4 is 11.1 Å². The fraction of sp³-hybridized carbons (Fsp3) is 0.0435. The molecule has 0 unspecified atom stereocenters. The third-order valence-electron chi connectivity index (χ3n) is 4.97. The summed E-state index contributed by atoms with van der Waals surface area (Å²) in [7, 11) is 0. The molecule has 31 heavy (non-hydrogen) atoms. The van der Waals surface area contributed by atoms with Crippen molar-refractivity contribution in [2.24, 2.45) is 5.10 Å². The van der Waals surface area contributed by atoms with Crippen molar-refractivity contribution in [2.75, 3.05) is 0 Å². The highest BCUT2D eigenvalue weighted by atomic mass is 79.9. The number of rotatable bonds is 3. The Labute approximate surface area is 184 Å². The van der Waals surface area contributed by atoms with Crippen LogP contribution in [0.5, 0.6) is 0 Å². The highest BCUT2D eigenvalue weighted by molar-refractivity contribution is 9.10. The fourth-order valence-corrected chi connectivity index (χ4v) is 3.80. The topological polar surface area (TPSA) is 89.5 Å². The number of aromatic nitrogens is 2. The van der Waals surface area contributed by atoms with Crippen molar-refractivity contribution in [1.82, 2.24) is 15.2 Å². The molecule has 2 aromatic heterocycles. The maximum atomic E-state index is 12.8. The number of nitrogens with one attached hydrogen (secondary N) is 1. The van der Waals surface area contributed by atoms with Gasteiger partial charge in [0.1, 0.15) is 11.3 Å². The van der Waals surface area contributed by atoms with Crippen LogP contribution in [0.3, 0.4) is 0 Å². The summed E-state index contributed by atoms with van der Waals surface area (Å²) in [6, 6.07) is 16.7. The maximum absolute atomic E-state index is 12.8. The van der Waals surface area contributed by atoms with Gasteiger partial charge >= 0.3 is 5.63 Å². The average molecular weight is 475 g/mol. The number of carbonyl (C=O) groups excluding carboxylic acids is 1. The van der Waals surface area contributed by atoms with E-state index in [9.17, 15) is 9.59 Å². The maximum Gasteiger partial charge on any atom is 0.345 e. The van der Waals surface area contributed by atoms with Gasteiger partial charge in [0.2, 0.25) is 0 Å². The first-order valence-electron chi connectivity index (χ1n) is 9.45. The van der Waals surface area contributed by atoms with E-state index in [0.29, 0.717) is 33.7 Å². The van der Waals surface area contributed by atoms with Crippen LogP contribution in [-0.2, 0) is 4.79 Å². The minimum atomic E-state index is -0.506. The van der Waals surface area contributed by atoms with Crippen molar-refractivity contribution in [2.45, 2.75) is 6.92 Å². The lowest BCUT2D eigenvalue weighted by molar-refractivity contribution is -0.116. The molecule has 7 nitrogen and oxygen atoms in total. The van der Waals surface area contributed by atoms with Crippen molar-refractivity contribution in [3.8, 4) is 16.9 Å². The molecule has 1 aliphatic rings. The number of halogens is 1. The van der Waals surface area contributed by atoms with Crippen LogP contribution in [-0.4, -0.2) is 21.4 Å². The number of hydrogen-bond acceptors (Lipinski definition) is 5. The largest absolute Gasteiger partial charge is 0.422 e. The monoisotopic (exact) mass is 474 g/mol. The van der Waals surface area contributed by atoms with Crippen molar-refractivity contribution in [3.63, 3.8) is 0 Å². The second-order valence-corrected chi connectivity index (χ2v) is 7.95. The van der Waals surface area contributed by atoms with Gasteiger partial charge in [-0.3, -0.25) is 4.79 Å². The van der Waals surface area contributed by atoms with E-state index in [1.54, 1.807) is 36.0 Å². The predicted octanol–water partition coefficient (Wildman–Crippen LogP) is 4.30. The fourth-order valence-electron chi connectivity index (χ4n) is 3.42. The van der Waals surface area contributed by atoms with Crippen molar-refractivity contribution >= 4 is 44.6 Å². The van der Waals surface area contributed by atoms with Gasteiger partial charge in [0.25, 0.3) is 5.91 Å². The molecule has 5 rings (SSSR count). The number of carbonyl (C=O) groups is 1. The minimum absolute atomic E-state index is 0.301. The summed E-state index contributed by atoms with van der Waals surface area (Å²) in [6.45, 7) is 1.74. The molecular formula is C23H15BrN4O3. The molecule has 4 aromatic rings. The summed E-state index contributed by atoms with van der Waals surface area (Å²) < 4.78 is 8.07. The second-order valence-electron chi connectivity index (χ2n) is 7.04. The predicted molar refractivity (Wildman–Crippen MR) is 122 cm³/mol. The molecule has 0 saturated carbocycles. The third kappa shape index (κ3) is 3.51. The summed E-state index contributed by atoms with van der Waals surface area (Å²) in [5.41, 5.74) is 5.56. The van der Waals surface area contributed by atoms with Gasteiger partial charge in [-0.1, -0.05) is 34.1 Å². The molecule has 1 aliphatic heterocycles. The standard InChI is InChI=1S/C23H15BrN4O3/c1-13-18(22(29)26-25-13)11-15-12-28(17-5-3-2-4-6-17)27-21(15)19-10-14-9-16(24)7-8-20(14)31-23(19)30/h2-12H,1H3,(H,26,29). The molecule has 0 saturated heterocycles. The Morgan fingerprint density at radius 3 is 2.65 bits per heavy atom. The summed E-state index contributed by atoms with van der Waals surface area (Å²) in [6.07, 6.45) is 3.47. The zero-order valence-electron chi connectivity index (χ0n) is 16.3. The molecule has 152 valence electrons. The van der Waals surface area contributed by atoms with E-state index in [2.05, 4.69) is 31.6 Å². The lowest BCUT2D eigenvalue weighted by atomic mass is 10.0. The Morgan fingerprint density at radius 1 is 1.10 bits per heavy atom. The van der Waals surface area contributed by atoms with Crippen LogP contribution in [0.25, 0.3) is 34.0 Å². The Balaban J connectivity index is 1.75. The van der Waals surface area contributed by atoms with Crippen LogP contribution in [0.2, 0.25) is 0 Å². The number of nitrogens with zero attached hydrogens (tertiary/aromatic N) is 3. The highest BCUT2D eigenvalue weighted by Crippen LogP contribution is 2.28. The molecule has 0 spiro atoms. The number of amides is 1. The SMILES string of the molecule is CC1=NNC(=O)C1=Cc1cn(-c2ccccc2)nc1-c1cc2cc(Br)ccc2oc1=O. The molecule has 1 amide bonds. The first-order chi connectivity index (χ1) is 15.0. The van der Waals surface area contributed by atoms with E-state index >= 15 is 0 Å². The summed E-state index contributed by atoms with van der Waals surface area (Å²) in [4.78, 5) is 25.0. The van der Waals surface area contributed by atoms with Gasteiger partial charge in [-0.25, -0.2) is 14.9 Å². The summed E-state index contributed by atoms with van der Waals surface area (Å²) >= 11 is 3.45. The van der Waals surface area contributed by atoms with E-state index in [0.717, 1.165) is 15.5 Å². The smallest absolute Gasteiger partial charge is 0.345 e. The van der Waals surface area contributed by atoms with Gasteiger partial charge in [0, 0.05) is 21.6 Å². The Morgan fingerprint density at radius 2 is 1.90 bits per heavy atom. The van der Waals surface area contributed by atoms with Crippen molar-refractivity contribution in [1.29, 1.82) is 0 Å². The Bertz CT molecular complexity index is 1470. The molecule has 0 radical (unpaired) electrons. The van der Waals surface area contributed by atoms with E-state index in [1.165, 1.54) is 0 Å². The molecule has 0 atom stereocenters. The summed E-state index contributed by atoms with van der Waals surface area (Å²) in [5.74, 6) is -0.301. The zero-order chi connectivity index (χ0) is 21.5. The van der Waals surface area contributed by atoms with Crippen molar-refractivity contribution < 1.29 is 9.21 Å². The molecule has 0 aliphatic carbocycles. The van der Waals surface area contributed by atoms with Gasteiger partial charge in [-0.05, 0) is 49.4 Å². The lowest BCUT2D eigenvalue weighted by Crippen LogP contribution is -2.12. The van der Waals surface area contributed by atoms with E-state index in [4.69, 9.17) is 4.42 Å². The molecule has 0 bridgehead atoms. The normalized spacial score (nSPS) is 14.8. The van der Waals surface area contributed by atoms with Crippen LogP contribution in [0.15, 0.2) is 85.2 Å². The molecule has 8 heteroatoms. The van der Waals surface area contributed by atoms with Crippen LogP contribution in [0.4, 0.5) is 0 Å². The first kappa shape index (κ1) is 19.2. The molecular weight excluding hydrogens is 460 g/mol. The average Bonchev–Trinajstić information content (AvgIpc) is 3.33. The Kier molecular flexibility index (Phi) is 4.63. The van der Waals surface area contributed by atoms with Gasteiger partial charge in [-0.15, -0.1) is 0 Å². The Hall–Kier alpha value is -3.78. The third-order valence-corrected chi connectivity index (χ3v) is 5.47. The number of benzene rings is 2. The second kappa shape index (κ2) is 7.48. The van der Waals surface area contributed by atoms with Gasteiger partial charge in [-0.2, -0.15) is 10.2 Å². The molecule has 3 heterocycles. The molecule has 0 fully saturated rings. The number of hydrazone groups is 1. The van der Waals surface area contributed by atoms with Crippen LogP contribution in [0, 0.1) is 0 Å². The lowest BCUT2D eigenvalue weighted by Gasteiger charge is -2.03. The quantitative estimate of drug-likeness (QED) is 0.354. The van der Waals surface area contributed by atoms with Crippen LogP contribution in [0.1, 0.15) is 12.5 Å². The van der Waals surface area contributed by atoms with E-state index in [-0.39, 0.29) is 5.91 Å². The van der Waals surface area contributed by atoms with Gasteiger partial charge < -0.3 is 4.42 Å². The van der Waals surface area contributed by atoms with Gasteiger partial charge in [0.05, 0.1) is 22.5 Å². The van der Waals surface area contributed by atoms with Gasteiger partial charge in [0.15, 0.2) is 0 Å². The number of para-hydroxylation sites is 1. The molecule has 1 N–H and O–H groups in total. The first-order valence-corrected chi connectivity index (χ1v) is 10.2. The number of fused-ring (bicyclic) bond motifs is 1. The minimum Gasteiger partial charge on any atom is -0.422 e. The van der Waals surface area contributed by atoms with E-state index < -0.39 is 5.63 Å². The highest BCUT2D eigenvalue weighted by Gasteiger charge is 2.22. The van der Waals surface area contributed by atoms with E-state index in [1.807, 2.05) is 42.5 Å². The van der Waals surface area contributed by atoms with Crippen LogP contribution >= 0.6 is 15.9 Å².